The Morgan fingerprint density at radius 3 is 2.71 bits per heavy atom. The minimum absolute atomic E-state index is 0.234. The average molecular weight is 350 g/mol. The fourth-order valence-corrected chi connectivity index (χ4v) is 2.73. The zero-order valence-electron chi connectivity index (χ0n) is 12.1. The second kappa shape index (κ2) is 8.05. The predicted molar refractivity (Wildman–Crippen MR) is 89.9 cm³/mol. The maximum absolute atomic E-state index is 8.89. The van der Waals surface area contributed by atoms with Crippen LogP contribution in [0.4, 0.5) is 5.69 Å². The second-order valence-electron chi connectivity index (χ2n) is 4.85. The van der Waals surface area contributed by atoms with Crippen molar-refractivity contribution >= 4 is 21.6 Å². The molecule has 3 nitrogen and oxygen atoms in total. The molecule has 0 saturated heterocycles. The number of methoxy groups -OCH3 is 1. The van der Waals surface area contributed by atoms with E-state index in [0.29, 0.717) is 0 Å². The van der Waals surface area contributed by atoms with Gasteiger partial charge in [-0.15, -0.1) is 0 Å². The van der Waals surface area contributed by atoms with Gasteiger partial charge in [0.1, 0.15) is 5.75 Å². The van der Waals surface area contributed by atoms with Crippen molar-refractivity contribution in [3.63, 3.8) is 0 Å². The molecule has 0 fully saturated rings. The molecule has 2 rings (SSSR count). The molecule has 0 unspecified atom stereocenters. The minimum Gasteiger partial charge on any atom is -0.496 e. The first-order valence-corrected chi connectivity index (χ1v) is 7.78. The Kier molecular flexibility index (Phi) is 6.08. The van der Waals surface area contributed by atoms with Crippen LogP contribution in [-0.4, -0.2) is 18.8 Å². The number of hydrogen-bond donors (Lipinski definition) is 2. The molecule has 4 heteroatoms. The summed E-state index contributed by atoms with van der Waals surface area (Å²) in [6, 6.07) is 14.4. The molecule has 21 heavy (non-hydrogen) atoms. The van der Waals surface area contributed by atoms with Gasteiger partial charge in [0.25, 0.3) is 0 Å². The summed E-state index contributed by atoms with van der Waals surface area (Å²) in [5, 5.41) is 12.3. The van der Waals surface area contributed by atoms with E-state index in [4.69, 9.17) is 9.84 Å². The van der Waals surface area contributed by atoms with Crippen LogP contribution in [0.2, 0.25) is 0 Å². The van der Waals surface area contributed by atoms with Crippen molar-refractivity contribution in [2.24, 2.45) is 0 Å². The van der Waals surface area contributed by atoms with Crippen molar-refractivity contribution in [2.75, 3.05) is 19.0 Å². The minimum atomic E-state index is 0.234. The molecule has 2 aromatic carbocycles. The molecule has 0 radical (unpaired) electrons. The monoisotopic (exact) mass is 349 g/mol. The van der Waals surface area contributed by atoms with E-state index in [-0.39, 0.29) is 6.61 Å². The molecule has 0 spiro atoms. The fraction of sp³-hybridized carbons (Fsp3) is 0.294. The number of anilines is 1. The number of benzene rings is 2. The first-order chi connectivity index (χ1) is 10.2. The van der Waals surface area contributed by atoms with Gasteiger partial charge in [0.05, 0.1) is 11.6 Å². The van der Waals surface area contributed by atoms with Gasteiger partial charge in [-0.25, -0.2) is 0 Å². The lowest BCUT2D eigenvalue weighted by Crippen LogP contribution is -2.00. The summed E-state index contributed by atoms with van der Waals surface area (Å²) in [5.74, 6) is 0.838. The number of hydrogen-bond acceptors (Lipinski definition) is 3. The molecule has 0 aliphatic carbocycles. The SMILES string of the molecule is COc1ccc(CNc2cccc(CCCO)c2)cc1Br. The fourth-order valence-electron chi connectivity index (χ4n) is 2.14. The summed E-state index contributed by atoms with van der Waals surface area (Å²) in [4.78, 5) is 0. The Hall–Kier alpha value is -1.52. The Bertz CT molecular complexity index is 587. The first kappa shape index (κ1) is 15.9. The highest BCUT2D eigenvalue weighted by atomic mass is 79.9. The van der Waals surface area contributed by atoms with Crippen LogP contribution in [0, 0.1) is 0 Å². The molecule has 2 N–H and O–H groups in total. The van der Waals surface area contributed by atoms with Gasteiger partial charge in [0.15, 0.2) is 0 Å². The summed E-state index contributed by atoms with van der Waals surface area (Å²) in [7, 11) is 1.66. The predicted octanol–water partition coefficient (Wildman–Crippen LogP) is 3.99. The smallest absolute Gasteiger partial charge is 0.133 e. The van der Waals surface area contributed by atoms with Crippen LogP contribution < -0.4 is 10.1 Å². The van der Waals surface area contributed by atoms with Crippen molar-refractivity contribution < 1.29 is 9.84 Å². The largest absolute Gasteiger partial charge is 0.496 e. The zero-order chi connectivity index (χ0) is 15.1. The summed E-state index contributed by atoms with van der Waals surface area (Å²) >= 11 is 3.50. The number of aliphatic hydroxyl groups excluding tert-OH is 1. The summed E-state index contributed by atoms with van der Waals surface area (Å²) in [6.45, 7) is 0.990. The quantitative estimate of drug-likeness (QED) is 0.793. The van der Waals surface area contributed by atoms with Crippen LogP contribution in [0.15, 0.2) is 46.9 Å². The van der Waals surface area contributed by atoms with E-state index >= 15 is 0 Å². The van der Waals surface area contributed by atoms with E-state index in [1.54, 1.807) is 7.11 Å². The Balaban J connectivity index is 1.97. The highest BCUT2D eigenvalue weighted by molar-refractivity contribution is 9.10. The van der Waals surface area contributed by atoms with Gasteiger partial charge in [-0.1, -0.05) is 18.2 Å². The molecule has 0 bridgehead atoms. The van der Waals surface area contributed by atoms with Gasteiger partial charge in [-0.3, -0.25) is 0 Å². The Morgan fingerprint density at radius 1 is 1.14 bits per heavy atom. The number of halogens is 1. The maximum Gasteiger partial charge on any atom is 0.133 e. The average Bonchev–Trinajstić information content (AvgIpc) is 2.51. The first-order valence-electron chi connectivity index (χ1n) is 6.99. The van der Waals surface area contributed by atoms with Crippen LogP contribution in [0.25, 0.3) is 0 Å². The third kappa shape index (κ3) is 4.76. The number of aliphatic hydroxyl groups is 1. The molecule has 0 aromatic heterocycles. The zero-order valence-corrected chi connectivity index (χ0v) is 13.7. The van der Waals surface area contributed by atoms with Crippen LogP contribution in [0.1, 0.15) is 17.5 Å². The third-order valence-corrected chi connectivity index (χ3v) is 3.88. The molecule has 2 aromatic rings. The standard InChI is InChI=1S/C17H20BrNO2/c1-21-17-8-7-14(11-16(17)18)12-19-15-6-2-4-13(10-15)5-3-9-20/h2,4,6-8,10-11,19-20H,3,5,9,12H2,1H3. The molecular formula is C17H20BrNO2. The van der Waals surface area contributed by atoms with Gasteiger partial charge in [-0.05, 0) is 64.2 Å². The van der Waals surface area contributed by atoms with Gasteiger partial charge in [0.2, 0.25) is 0 Å². The van der Waals surface area contributed by atoms with Gasteiger partial charge >= 0.3 is 0 Å². The van der Waals surface area contributed by atoms with Crippen molar-refractivity contribution in [2.45, 2.75) is 19.4 Å². The summed E-state index contributed by atoms with van der Waals surface area (Å²) in [5.41, 5.74) is 3.52. The van der Waals surface area contributed by atoms with Crippen LogP contribution >= 0.6 is 15.9 Å². The maximum atomic E-state index is 8.89. The van der Waals surface area contributed by atoms with Gasteiger partial charge in [0, 0.05) is 18.8 Å². The van der Waals surface area contributed by atoms with Gasteiger partial charge in [-0.2, -0.15) is 0 Å². The Morgan fingerprint density at radius 2 is 2.00 bits per heavy atom. The van der Waals surface area contributed by atoms with E-state index in [1.165, 1.54) is 11.1 Å². The molecule has 0 amide bonds. The van der Waals surface area contributed by atoms with Crippen molar-refractivity contribution in [1.29, 1.82) is 0 Å². The van der Waals surface area contributed by atoms with E-state index < -0.39 is 0 Å². The van der Waals surface area contributed by atoms with E-state index in [9.17, 15) is 0 Å². The van der Waals surface area contributed by atoms with Crippen LogP contribution in [0.3, 0.4) is 0 Å². The molecule has 0 saturated carbocycles. The van der Waals surface area contributed by atoms with Crippen molar-refractivity contribution in [3.05, 3.63) is 58.1 Å². The van der Waals surface area contributed by atoms with Crippen LogP contribution in [0.5, 0.6) is 5.75 Å². The van der Waals surface area contributed by atoms with Crippen molar-refractivity contribution in [3.8, 4) is 5.75 Å². The topological polar surface area (TPSA) is 41.5 Å². The molecule has 0 atom stereocenters. The Labute approximate surface area is 134 Å². The lowest BCUT2D eigenvalue weighted by atomic mass is 10.1. The molecule has 112 valence electrons. The highest BCUT2D eigenvalue weighted by Gasteiger charge is 2.02. The normalized spacial score (nSPS) is 10.4. The number of rotatable bonds is 7. The molecule has 0 heterocycles. The van der Waals surface area contributed by atoms with Gasteiger partial charge < -0.3 is 15.2 Å². The summed E-state index contributed by atoms with van der Waals surface area (Å²) < 4.78 is 6.19. The number of ether oxygens (including phenoxy) is 1. The summed E-state index contributed by atoms with van der Waals surface area (Å²) in [6.07, 6.45) is 1.70. The van der Waals surface area contributed by atoms with E-state index in [1.807, 2.05) is 18.2 Å². The lowest BCUT2D eigenvalue weighted by Gasteiger charge is -2.10. The van der Waals surface area contributed by atoms with Crippen molar-refractivity contribution in [1.82, 2.24) is 0 Å². The molecule has 0 aliphatic heterocycles. The highest BCUT2D eigenvalue weighted by Crippen LogP contribution is 2.26. The molecular weight excluding hydrogens is 330 g/mol. The van der Waals surface area contributed by atoms with Crippen LogP contribution in [-0.2, 0) is 13.0 Å². The lowest BCUT2D eigenvalue weighted by molar-refractivity contribution is 0.288. The van der Waals surface area contributed by atoms with E-state index in [0.717, 1.165) is 35.3 Å². The number of nitrogens with one attached hydrogen (secondary N) is 1. The van der Waals surface area contributed by atoms with E-state index in [2.05, 4.69) is 45.5 Å². The third-order valence-electron chi connectivity index (χ3n) is 3.26. The number of aryl methyl sites for hydroxylation is 1. The molecule has 0 aliphatic rings. The second-order valence-corrected chi connectivity index (χ2v) is 5.70.